The van der Waals surface area contributed by atoms with Gasteiger partial charge in [-0.1, -0.05) is 50.0 Å². The lowest BCUT2D eigenvalue weighted by atomic mass is 9.82. The van der Waals surface area contributed by atoms with Gasteiger partial charge in [-0.25, -0.2) is 19.6 Å². The van der Waals surface area contributed by atoms with E-state index >= 15 is 0 Å². The summed E-state index contributed by atoms with van der Waals surface area (Å²) in [4.78, 5) is 107. The van der Waals surface area contributed by atoms with Crippen LogP contribution in [-0.2, 0) is 66.8 Å². The Balaban J connectivity index is 0.884. The minimum atomic E-state index is -0.488. The Hall–Kier alpha value is -6.96. The van der Waals surface area contributed by atoms with Crippen LogP contribution >= 0.6 is 11.3 Å². The highest BCUT2D eigenvalue weighted by Gasteiger charge is 2.37. The summed E-state index contributed by atoms with van der Waals surface area (Å²) in [7, 11) is 0. The van der Waals surface area contributed by atoms with Crippen LogP contribution in [0.5, 0.6) is 11.5 Å². The quantitative estimate of drug-likeness (QED) is 0.0125. The molecule has 0 unspecified atom stereocenters. The zero-order valence-corrected chi connectivity index (χ0v) is 48.0. The minimum absolute atomic E-state index is 0.231. The molecule has 82 heavy (non-hydrogen) atoms. The molecule has 0 bridgehead atoms. The van der Waals surface area contributed by atoms with E-state index in [1.165, 1.54) is 11.3 Å². The first-order chi connectivity index (χ1) is 39.8. The fraction of sp³-hybridized carbons (Fsp3) is 0.581. The molecule has 19 nitrogen and oxygen atoms in total. The first-order valence-electron chi connectivity index (χ1n) is 29.4. The number of thiazole rings is 1. The fourth-order valence-corrected chi connectivity index (χ4v) is 11.7. The Labute approximate surface area is 483 Å². The van der Waals surface area contributed by atoms with Crippen LogP contribution in [0.4, 0.5) is 5.13 Å². The van der Waals surface area contributed by atoms with Gasteiger partial charge in [-0.2, -0.15) is 5.10 Å². The van der Waals surface area contributed by atoms with Crippen LogP contribution < -0.4 is 14.5 Å². The second-order valence-corrected chi connectivity index (χ2v) is 22.6. The van der Waals surface area contributed by atoms with E-state index in [1.807, 2.05) is 29.3 Å². The van der Waals surface area contributed by atoms with Gasteiger partial charge in [0.05, 0.1) is 78.4 Å². The van der Waals surface area contributed by atoms with Crippen LogP contribution in [0.15, 0.2) is 72.9 Å². The SMILES string of the molecule is C=CC(=O)OCCCCOC(=O)C1CCC(C(=O)OC2CCC(C(=O)Oc3ccc(OC(=O)C4CCC(OC(=O)C5CCC(C(=O)OCCCCOC(=O)C=C)CC5)CC4)c(/C=N/N(CCCC)c4nc5ccccc5s4)c3)CC2)CC1. The average molecular weight is 1150 g/mol. The summed E-state index contributed by atoms with van der Waals surface area (Å²) in [5.41, 5.74) is 1.27. The lowest BCUT2D eigenvalue weighted by Crippen LogP contribution is -2.33. The molecule has 1 aromatic heterocycles. The van der Waals surface area contributed by atoms with Crippen LogP contribution in [0.25, 0.3) is 10.2 Å². The molecule has 0 N–H and O–H groups in total. The Bertz CT molecular complexity index is 2660. The molecule has 4 aliphatic carbocycles. The molecule has 0 radical (unpaired) electrons. The molecule has 7 rings (SSSR count). The van der Waals surface area contributed by atoms with Crippen LogP contribution in [0.2, 0.25) is 0 Å². The van der Waals surface area contributed by atoms with Crippen molar-refractivity contribution >= 4 is 80.7 Å². The number of nitrogens with zero attached hydrogens (tertiary/aromatic N) is 3. The zero-order valence-electron chi connectivity index (χ0n) is 47.2. The lowest BCUT2D eigenvalue weighted by molar-refractivity contribution is -0.161. The van der Waals surface area contributed by atoms with E-state index < -0.39 is 35.7 Å². The summed E-state index contributed by atoms with van der Waals surface area (Å²) >= 11 is 1.52. The van der Waals surface area contributed by atoms with E-state index in [2.05, 4.69) is 20.1 Å². The van der Waals surface area contributed by atoms with Gasteiger partial charge in [0, 0.05) is 24.3 Å². The number of aromatic nitrogens is 1. The third-order valence-corrected chi connectivity index (χ3v) is 16.8. The van der Waals surface area contributed by atoms with E-state index in [-0.39, 0.29) is 97.7 Å². The number of para-hydroxylation sites is 1. The maximum absolute atomic E-state index is 13.9. The molecule has 3 aromatic rings. The maximum atomic E-state index is 13.9. The summed E-state index contributed by atoms with van der Waals surface area (Å²) in [5, 5.41) is 7.40. The standard InChI is InChI=1S/C62H79N3O16S/c1-4-7-34-65(62-64-51-14-8-9-15-53(51)82-62)63-40-47-39-50(80-60(72)45-24-28-48(29-25-45)78-58(70)43-20-16-41(17-21-43)56(68)76-37-12-10-35-74-54(66)5-2)32-33-52(47)81-61(73)46-26-30-49(31-27-46)79-59(71)44-22-18-42(19-23-44)57(69)77-38-13-11-36-75-55(67)6-3/h5-6,8-9,14-15,32-33,39-46,48-49H,2-4,7,10-13,16-31,34-38H2,1H3/b63-40+. The third kappa shape index (κ3) is 19.3. The van der Waals surface area contributed by atoms with Crippen molar-refractivity contribution in [1.82, 2.24) is 4.98 Å². The summed E-state index contributed by atoms with van der Waals surface area (Å²) in [6, 6.07) is 12.7. The van der Waals surface area contributed by atoms with E-state index in [4.69, 9.17) is 48.0 Å². The number of rotatable bonds is 28. The zero-order chi connectivity index (χ0) is 58.2. The predicted molar refractivity (Wildman–Crippen MR) is 304 cm³/mol. The van der Waals surface area contributed by atoms with Gasteiger partial charge in [0.15, 0.2) is 0 Å². The molecule has 0 amide bonds. The number of carbonyl (C=O) groups is 8. The summed E-state index contributed by atoms with van der Waals surface area (Å²) in [5.74, 6) is -4.52. The van der Waals surface area contributed by atoms with E-state index in [9.17, 15) is 38.4 Å². The predicted octanol–water partition coefficient (Wildman–Crippen LogP) is 10.7. The number of benzene rings is 2. The number of carbonyl (C=O) groups excluding carboxylic acids is 8. The number of esters is 8. The average Bonchev–Trinajstić information content (AvgIpc) is 3.94. The summed E-state index contributed by atoms with van der Waals surface area (Å²) in [6.07, 6.45) is 15.2. The number of ether oxygens (including phenoxy) is 8. The van der Waals surface area contributed by atoms with Gasteiger partial charge in [0.1, 0.15) is 23.7 Å². The first-order valence-corrected chi connectivity index (χ1v) is 30.2. The van der Waals surface area contributed by atoms with Gasteiger partial charge in [-0.15, -0.1) is 0 Å². The second kappa shape index (κ2) is 32.6. The van der Waals surface area contributed by atoms with Gasteiger partial charge in [-0.05, 0) is 165 Å². The topological polar surface area (TPSA) is 239 Å². The van der Waals surface area contributed by atoms with Crippen molar-refractivity contribution in [1.29, 1.82) is 0 Å². The highest BCUT2D eigenvalue weighted by Crippen LogP contribution is 2.37. The smallest absolute Gasteiger partial charge is 0.330 e. The molecule has 2 aromatic carbocycles. The van der Waals surface area contributed by atoms with Gasteiger partial charge in [0.25, 0.3) is 0 Å². The van der Waals surface area contributed by atoms with Crippen molar-refractivity contribution in [3.63, 3.8) is 0 Å². The van der Waals surface area contributed by atoms with Gasteiger partial charge < -0.3 is 37.9 Å². The van der Waals surface area contributed by atoms with Gasteiger partial charge in [0.2, 0.25) is 5.13 Å². The molecule has 20 heteroatoms. The number of hydrogen-bond acceptors (Lipinski definition) is 20. The maximum Gasteiger partial charge on any atom is 0.330 e. The second-order valence-electron chi connectivity index (χ2n) is 21.6. The molecule has 0 aliphatic heterocycles. The number of hydrogen-bond donors (Lipinski definition) is 0. The van der Waals surface area contributed by atoms with Crippen molar-refractivity contribution in [3.8, 4) is 11.5 Å². The first kappa shape index (κ1) is 62.6. The molecule has 444 valence electrons. The summed E-state index contributed by atoms with van der Waals surface area (Å²) < 4.78 is 45.8. The van der Waals surface area contributed by atoms with Crippen molar-refractivity contribution < 1.29 is 76.3 Å². The van der Waals surface area contributed by atoms with Crippen molar-refractivity contribution in [2.75, 3.05) is 38.0 Å². The minimum Gasteiger partial charge on any atom is -0.465 e. The van der Waals surface area contributed by atoms with E-state index in [1.54, 1.807) is 24.4 Å². The van der Waals surface area contributed by atoms with Crippen molar-refractivity contribution in [3.05, 3.63) is 73.3 Å². The van der Waals surface area contributed by atoms with Crippen LogP contribution in [0, 0.1) is 35.5 Å². The fourth-order valence-electron chi connectivity index (χ4n) is 10.7. The monoisotopic (exact) mass is 1150 g/mol. The normalized spacial score (nSPS) is 22.6. The van der Waals surface area contributed by atoms with E-state index in [0.29, 0.717) is 146 Å². The van der Waals surface area contributed by atoms with Gasteiger partial charge in [-0.3, -0.25) is 28.8 Å². The van der Waals surface area contributed by atoms with Crippen LogP contribution in [-0.4, -0.2) is 104 Å². The molecule has 4 fully saturated rings. The molecular weight excluding hydrogens is 1070 g/mol. The third-order valence-electron chi connectivity index (χ3n) is 15.7. The number of anilines is 1. The molecule has 0 saturated heterocycles. The Morgan fingerprint density at radius 1 is 0.549 bits per heavy atom. The lowest BCUT2D eigenvalue weighted by Gasteiger charge is -2.30. The Morgan fingerprint density at radius 3 is 1.46 bits per heavy atom. The van der Waals surface area contributed by atoms with Crippen LogP contribution in [0.3, 0.4) is 0 Å². The highest BCUT2D eigenvalue weighted by atomic mass is 32.1. The molecular formula is C62H79N3O16S. The largest absolute Gasteiger partial charge is 0.465 e. The summed E-state index contributed by atoms with van der Waals surface area (Å²) in [6.45, 7) is 10.3. The number of unbranched alkanes of at least 4 members (excludes halogenated alkanes) is 3. The Kier molecular flexibility index (Phi) is 24.9. The number of hydrazone groups is 1. The van der Waals surface area contributed by atoms with E-state index in [0.717, 1.165) is 35.2 Å². The molecule has 4 aliphatic rings. The molecule has 1 heterocycles. The molecule has 0 atom stereocenters. The molecule has 0 spiro atoms. The van der Waals surface area contributed by atoms with Crippen LogP contribution in [0.1, 0.15) is 154 Å². The molecule has 4 saturated carbocycles. The van der Waals surface area contributed by atoms with Crippen molar-refractivity contribution in [2.24, 2.45) is 40.6 Å². The van der Waals surface area contributed by atoms with Gasteiger partial charge >= 0.3 is 47.8 Å². The Morgan fingerprint density at radius 2 is 0.988 bits per heavy atom. The number of fused-ring (bicyclic) bond motifs is 1. The highest BCUT2D eigenvalue weighted by molar-refractivity contribution is 7.22. The van der Waals surface area contributed by atoms with Crippen molar-refractivity contribution in [2.45, 2.75) is 160 Å².